The van der Waals surface area contributed by atoms with Crippen molar-refractivity contribution in [2.45, 2.75) is 6.04 Å². The van der Waals surface area contributed by atoms with E-state index in [1.165, 1.54) is 0 Å². The van der Waals surface area contributed by atoms with Crippen LogP contribution >= 0.6 is 0 Å². The maximum Gasteiger partial charge on any atom is 0.129 e. The zero-order valence-electron chi connectivity index (χ0n) is 6.91. The van der Waals surface area contributed by atoms with Crippen molar-refractivity contribution >= 4 is 0 Å². The van der Waals surface area contributed by atoms with Crippen LogP contribution in [-0.2, 0) is 7.05 Å². The fourth-order valence-electron chi connectivity index (χ4n) is 1.03. The van der Waals surface area contributed by atoms with Gasteiger partial charge in [0.2, 0.25) is 0 Å². The minimum atomic E-state index is 0.148. The third kappa shape index (κ3) is 1.49. The van der Waals surface area contributed by atoms with Gasteiger partial charge in [0, 0.05) is 19.4 Å². The van der Waals surface area contributed by atoms with Crippen LogP contribution in [0.15, 0.2) is 25.0 Å². The third-order valence-corrected chi connectivity index (χ3v) is 1.68. The zero-order chi connectivity index (χ0) is 8.27. The summed E-state index contributed by atoms with van der Waals surface area (Å²) in [5, 5.41) is 3.09. The second kappa shape index (κ2) is 3.34. The molecule has 1 aromatic heterocycles. The van der Waals surface area contributed by atoms with Crippen LogP contribution in [0.2, 0.25) is 0 Å². The SMILES string of the molecule is C=CC(NC)c1nccn1C. The van der Waals surface area contributed by atoms with Gasteiger partial charge in [-0.1, -0.05) is 6.08 Å². The van der Waals surface area contributed by atoms with E-state index >= 15 is 0 Å². The molecule has 0 aliphatic carbocycles. The molecule has 1 rings (SSSR count). The van der Waals surface area contributed by atoms with Gasteiger partial charge >= 0.3 is 0 Å². The van der Waals surface area contributed by atoms with Gasteiger partial charge in [0.1, 0.15) is 5.82 Å². The summed E-state index contributed by atoms with van der Waals surface area (Å²) < 4.78 is 1.98. The quantitative estimate of drug-likeness (QED) is 0.649. The molecule has 1 heterocycles. The van der Waals surface area contributed by atoms with Crippen LogP contribution in [0.1, 0.15) is 11.9 Å². The minimum absolute atomic E-state index is 0.148. The first kappa shape index (κ1) is 8.01. The first-order valence-corrected chi connectivity index (χ1v) is 3.56. The van der Waals surface area contributed by atoms with Crippen LogP contribution in [0.5, 0.6) is 0 Å². The molecule has 1 aromatic rings. The third-order valence-electron chi connectivity index (χ3n) is 1.68. The highest BCUT2D eigenvalue weighted by Crippen LogP contribution is 2.08. The van der Waals surface area contributed by atoms with Gasteiger partial charge in [-0.15, -0.1) is 6.58 Å². The summed E-state index contributed by atoms with van der Waals surface area (Å²) in [6, 6.07) is 0.148. The summed E-state index contributed by atoms with van der Waals surface area (Å²) in [4.78, 5) is 4.19. The van der Waals surface area contributed by atoms with E-state index < -0.39 is 0 Å². The normalized spacial score (nSPS) is 12.9. The van der Waals surface area contributed by atoms with Crippen molar-refractivity contribution in [1.82, 2.24) is 14.9 Å². The van der Waals surface area contributed by atoms with Crippen molar-refractivity contribution in [2.75, 3.05) is 7.05 Å². The van der Waals surface area contributed by atoms with Crippen molar-refractivity contribution in [1.29, 1.82) is 0 Å². The molecule has 60 valence electrons. The summed E-state index contributed by atoms with van der Waals surface area (Å²) in [5.74, 6) is 0.988. The van der Waals surface area contributed by atoms with Gasteiger partial charge in [-0.2, -0.15) is 0 Å². The molecule has 3 heteroatoms. The van der Waals surface area contributed by atoms with Crippen molar-refractivity contribution in [3.05, 3.63) is 30.9 Å². The molecule has 0 aliphatic heterocycles. The molecular formula is C8H13N3. The number of nitrogens with one attached hydrogen (secondary N) is 1. The molecule has 0 radical (unpaired) electrons. The second-order valence-electron chi connectivity index (χ2n) is 2.40. The van der Waals surface area contributed by atoms with Crippen molar-refractivity contribution in [3.8, 4) is 0 Å². The Labute approximate surface area is 66.8 Å². The monoisotopic (exact) mass is 151 g/mol. The van der Waals surface area contributed by atoms with Gasteiger partial charge in [-0.25, -0.2) is 4.98 Å². The smallest absolute Gasteiger partial charge is 0.129 e. The predicted molar refractivity (Wildman–Crippen MR) is 45.2 cm³/mol. The second-order valence-corrected chi connectivity index (χ2v) is 2.40. The molecule has 0 amide bonds. The van der Waals surface area contributed by atoms with Gasteiger partial charge in [0.25, 0.3) is 0 Å². The van der Waals surface area contributed by atoms with E-state index in [0.717, 1.165) is 5.82 Å². The molecular weight excluding hydrogens is 138 g/mol. The summed E-state index contributed by atoms with van der Waals surface area (Å²) in [5.41, 5.74) is 0. The van der Waals surface area contributed by atoms with E-state index in [1.807, 2.05) is 30.9 Å². The number of rotatable bonds is 3. The Balaban J connectivity index is 2.89. The number of aromatic nitrogens is 2. The molecule has 0 bridgehead atoms. The molecule has 0 aliphatic rings. The largest absolute Gasteiger partial charge is 0.336 e. The Morgan fingerprint density at radius 2 is 2.55 bits per heavy atom. The Bertz CT molecular complexity index is 239. The summed E-state index contributed by atoms with van der Waals surface area (Å²) in [6.07, 6.45) is 5.54. The van der Waals surface area contributed by atoms with Crippen LogP contribution in [0, 0.1) is 0 Å². The highest BCUT2D eigenvalue weighted by atomic mass is 15.1. The minimum Gasteiger partial charge on any atom is -0.336 e. The lowest BCUT2D eigenvalue weighted by molar-refractivity contribution is 0.635. The van der Waals surface area contributed by atoms with Crippen LogP contribution in [0.4, 0.5) is 0 Å². The van der Waals surface area contributed by atoms with E-state index in [0.29, 0.717) is 0 Å². The average molecular weight is 151 g/mol. The number of nitrogens with zero attached hydrogens (tertiary/aromatic N) is 2. The van der Waals surface area contributed by atoms with Crippen LogP contribution in [0.25, 0.3) is 0 Å². The Kier molecular flexibility index (Phi) is 2.44. The van der Waals surface area contributed by atoms with Gasteiger partial charge < -0.3 is 9.88 Å². The average Bonchev–Trinajstić information content (AvgIpc) is 2.40. The molecule has 11 heavy (non-hydrogen) atoms. The molecule has 0 spiro atoms. The molecule has 0 aromatic carbocycles. The van der Waals surface area contributed by atoms with Crippen LogP contribution in [-0.4, -0.2) is 16.6 Å². The molecule has 1 N–H and O–H groups in total. The van der Waals surface area contributed by atoms with Crippen LogP contribution < -0.4 is 5.32 Å². The van der Waals surface area contributed by atoms with E-state index in [-0.39, 0.29) is 6.04 Å². The fourth-order valence-corrected chi connectivity index (χ4v) is 1.03. The lowest BCUT2D eigenvalue weighted by Gasteiger charge is -2.09. The number of aryl methyl sites for hydroxylation is 1. The maximum absolute atomic E-state index is 4.19. The molecule has 0 saturated carbocycles. The molecule has 1 unspecified atom stereocenters. The van der Waals surface area contributed by atoms with Crippen molar-refractivity contribution in [3.63, 3.8) is 0 Å². The molecule has 0 fully saturated rings. The summed E-state index contributed by atoms with van der Waals surface area (Å²) in [7, 11) is 3.86. The van der Waals surface area contributed by atoms with E-state index in [2.05, 4.69) is 16.9 Å². The Morgan fingerprint density at radius 1 is 1.82 bits per heavy atom. The highest BCUT2D eigenvalue weighted by molar-refractivity contribution is 5.05. The number of imidazole rings is 1. The van der Waals surface area contributed by atoms with E-state index in [1.54, 1.807) is 6.20 Å². The molecule has 0 saturated heterocycles. The molecule has 3 nitrogen and oxygen atoms in total. The predicted octanol–water partition coefficient (Wildman–Crippen LogP) is 0.867. The van der Waals surface area contributed by atoms with Gasteiger partial charge in [0.15, 0.2) is 0 Å². The maximum atomic E-state index is 4.19. The lowest BCUT2D eigenvalue weighted by atomic mass is 10.3. The van der Waals surface area contributed by atoms with Crippen molar-refractivity contribution in [2.24, 2.45) is 7.05 Å². The summed E-state index contributed by atoms with van der Waals surface area (Å²) >= 11 is 0. The van der Waals surface area contributed by atoms with E-state index in [9.17, 15) is 0 Å². The number of hydrogen-bond acceptors (Lipinski definition) is 2. The lowest BCUT2D eigenvalue weighted by Crippen LogP contribution is -2.17. The zero-order valence-corrected chi connectivity index (χ0v) is 6.91. The van der Waals surface area contributed by atoms with Gasteiger partial charge in [0.05, 0.1) is 6.04 Å². The topological polar surface area (TPSA) is 29.9 Å². The standard InChI is InChI=1S/C8H13N3/c1-4-7(9-2)8-10-5-6-11(8)3/h4-7,9H,1H2,2-3H3. The Hall–Kier alpha value is -1.09. The molecule has 1 atom stereocenters. The Morgan fingerprint density at radius 3 is 2.91 bits per heavy atom. The van der Waals surface area contributed by atoms with E-state index in [4.69, 9.17) is 0 Å². The number of hydrogen-bond donors (Lipinski definition) is 1. The van der Waals surface area contributed by atoms with Gasteiger partial charge in [-0.05, 0) is 7.05 Å². The first-order valence-electron chi connectivity index (χ1n) is 3.56. The fraction of sp³-hybridized carbons (Fsp3) is 0.375. The highest BCUT2D eigenvalue weighted by Gasteiger charge is 2.07. The van der Waals surface area contributed by atoms with Crippen LogP contribution in [0.3, 0.4) is 0 Å². The number of likely N-dealkylation sites (N-methyl/N-ethyl adjacent to an activating group) is 1. The van der Waals surface area contributed by atoms with Gasteiger partial charge in [-0.3, -0.25) is 0 Å². The van der Waals surface area contributed by atoms with Crippen molar-refractivity contribution < 1.29 is 0 Å². The summed E-state index contributed by atoms with van der Waals surface area (Å²) in [6.45, 7) is 3.71. The first-order chi connectivity index (χ1) is 5.29.